The average molecular weight is 312 g/mol. The fourth-order valence-electron chi connectivity index (χ4n) is 2.47. The lowest BCUT2D eigenvalue weighted by atomic mass is 9.93. The maximum absolute atomic E-state index is 14.0. The van der Waals surface area contributed by atoms with Crippen LogP contribution >= 0.6 is 23.2 Å². The second kappa shape index (κ2) is 5.24. The lowest BCUT2D eigenvalue weighted by molar-refractivity contribution is 0.157. The van der Waals surface area contributed by atoms with Gasteiger partial charge in [0.15, 0.2) is 0 Å². The Kier molecular flexibility index (Phi) is 3.59. The van der Waals surface area contributed by atoms with Gasteiger partial charge in [0, 0.05) is 28.6 Å². The summed E-state index contributed by atoms with van der Waals surface area (Å²) in [6.07, 6.45) is -0.0408. The van der Waals surface area contributed by atoms with Crippen molar-refractivity contribution >= 4 is 23.2 Å². The molecule has 0 saturated carbocycles. The summed E-state index contributed by atoms with van der Waals surface area (Å²) >= 11 is 12.0. The van der Waals surface area contributed by atoms with Gasteiger partial charge in [0.2, 0.25) is 0 Å². The number of benzene rings is 2. The highest BCUT2D eigenvalue weighted by Gasteiger charge is 2.30. The third kappa shape index (κ3) is 2.37. The monoisotopic (exact) mass is 311 g/mol. The highest BCUT2D eigenvalue weighted by Crippen LogP contribution is 2.42. The van der Waals surface area contributed by atoms with E-state index in [9.17, 15) is 4.39 Å². The Morgan fingerprint density at radius 2 is 2.00 bits per heavy atom. The van der Waals surface area contributed by atoms with Crippen molar-refractivity contribution in [2.45, 2.75) is 18.6 Å². The first-order valence-corrected chi connectivity index (χ1v) is 6.97. The number of hydrogen-bond donors (Lipinski definition) is 1. The van der Waals surface area contributed by atoms with Gasteiger partial charge in [-0.3, -0.25) is 0 Å². The van der Waals surface area contributed by atoms with Crippen LogP contribution in [0.15, 0.2) is 36.4 Å². The van der Waals surface area contributed by atoms with E-state index < -0.39 is 6.10 Å². The van der Waals surface area contributed by atoms with Crippen LogP contribution in [-0.2, 0) is 0 Å². The summed E-state index contributed by atoms with van der Waals surface area (Å²) in [7, 11) is 0. The lowest BCUT2D eigenvalue weighted by Crippen LogP contribution is -2.25. The minimum atomic E-state index is -0.493. The van der Waals surface area contributed by atoms with E-state index in [-0.39, 0.29) is 11.9 Å². The van der Waals surface area contributed by atoms with Gasteiger partial charge in [-0.1, -0.05) is 29.3 Å². The molecule has 1 unspecified atom stereocenters. The predicted molar refractivity (Wildman–Crippen MR) is 77.8 cm³/mol. The average Bonchev–Trinajstić information content (AvgIpc) is 2.39. The molecule has 0 spiro atoms. The van der Waals surface area contributed by atoms with Crippen molar-refractivity contribution in [3.8, 4) is 5.75 Å². The van der Waals surface area contributed by atoms with Gasteiger partial charge < -0.3 is 10.5 Å². The molecule has 0 radical (unpaired) electrons. The van der Waals surface area contributed by atoms with Gasteiger partial charge in [-0.05, 0) is 30.3 Å². The Morgan fingerprint density at radius 3 is 2.75 bits per heavy atom. The van der Waals surface area contributed by atoms with E-state index in [1.807, 2.05) is 0 Å². The Labute approximate surface area is 126 Å². The summed E-state index contributed by atoms with van der Waals surface area (Å²) in [5.74, 6) is 0.240. The second-order valence-electron chi connectivity index (χ2n) is 4.77. The summed E-state index contributed by atoms with van der Waals surface area (Å²) in [6, 6.07) is 9.56. The third-order valence-corrected chi connectivity index (χ3v) is 3.99. The molecule has 2 aromatic rings. The van der Waals surface area contributed by atoms with Crippen LogP contribution in [0.25, 0.3) is 0 Å². The fourth-order valence-corrected chi connectivity index (χ4v) is 2.94. The van der Waals surface area contributed by atoms with Gasteiger partial charge in [-0.25, -0.2) is 4.39 Å². The molecule has 0 fully saturated rings. The first-order chi connectivity index (χ1) is 9.56. The molecule has 20 heavy (non-hydrogen) atoms. The molecule has 0 aromatic heterocycles. The molecule has 2 N–H and O–H groups in total. The van der Waals surface area contributed by atoms with Crippen molar-refractivity contribution in [3.05, 3.63) is 63.4 Å². The number of rotatable bonds is 1. The molecule has 0 amide bonds. The zero-order valence-electron chi connectivity index (χ0n) is 10.4. The smallest absolute Gasteiger partial charge is 0.131 e. The van der Waals surface area contributed by atoms with Crippen molar-refractivity contribution in [3.63, 3.8) is 0 Å². The Bertz CT molecular complexity index is 642. The lowest BCUT2D eigenvalue weighted by Gasteiger charge is -2.31. The minimum absolute atomic E-state index is 0.266. The van der Waals surface area contributed by atoms with E-state index in [1.54, 1.807) is 30.3 Å². The number of hydrogen-bond acceptors (Lipinski definition) is 2. The quantitative estimate of drug-likeness (QED) is 0.831. The van der Waals surface area contributed by atoms with Crippen LogP contribution < -0.4 is 10.5 Å². The molecule has 0 bridgehead atoms. The van der Waals surface area contributed by atoms with E-state index in [1.165, 1.54) is 6.07 Å². The van der Waals surface area contributed by atoms with Gasteiger partial charge in [0.25, 0.3) is 0 Å². The first kappa shape index (κ1) is 13.7. The maximum atomic E-state index is 14.0. The summed E-state index contributed by atoms with van der Waals surface area (Å²) in [6.45, 7) is 0. The van der Waals surface area contributed by atoms with Crippen LogP contribution in [0.1, 0.15) is 29.7 Å². The van der Waals surface area contributed by atoms with Gasteiger partial charge >= 0.3 is 0 Å². The number of fused-ring (bicyclic) bond motifs is 1. The van der Waals surface area contributed by atoms with Gasteiger partial charge in [0.05, 0.1) is 5.02 Å². The number of nitrogens with two attached hydrogens (primary N) is 1. The van der Waals surface area contributed by atoms with E-state index in [4.69, 9.17) is 33.7 Å². The van der Waals surface area contributed by atoms with E-state index in [0.717, 1.165) is 5.56 Å². The van der Waals surface area contributed by atoms with Crippen LogP contribution in [0.3, 0.4) is 0 Å². The minimum Gasteiger partial charge on any atom is -0.485 e. The van der Waals surface area contributed by atoms with Crippen molar-refractivity contribution in [2.75, 3.05) is 0 Å². The van der Waals surface area contributed by atoms with Crippen molar-refractivity contribution in [2.24, 2.45) is 5.73 Å². The molecule has 104 valence electrons. The highest BCUT2D eigenvalue weighted by atomic mass is 35.5. The summed E-state index contributed by atoms with van der Waals surface area (Å²) in [5.41, 5.74) is 7.33. The molecule has 2 nitrogen and oxygen atoms in total. The van der Waals surface area contributed by atoms with Crippen LogP contribution in [0.4, 0.5) is 4.39 Å². The standard InChI is InChI=1S/C15H12Cl2FNO/c16-8-4-5-13-9(6-8)12(19)7-14(20-13)15-10(17)2-1-3-11(15)18/h1-6,12,14H,7,19H2/t12-,14?/m1/s1. The molecule has 3 rings (SSSR count). The Morgan fingerprint density at radius 1 is 1.20 bits per heavy atom. The van der Waals surface area contributed by atoms with Gasteiger partial charge in [-0.15, -0.1) is 0 Å². The predicted octanol–water partition coefficient (Wildman–Crippen LogP) is 4.66. The maximum Gasteiger partial charge on any atom is 0.131 e. The Hall–Kier alpha value is -1.29. The number of ether oxygens (including phenoxy) is 1. The van der Waals surface area contributed by atoms with E-state index in [0.29, 0.717) is 27.8 Å². The normalized spacial score (nSPS) is 21.2. The SMILES string of the molecule is N[C@@H]1CC(c2c(F)cccc2Cl)Oc2ccc(Cl)cc21. The fraction of sp³-hybridized carbons (Fsp3) is 0.200. The molecule has 1 heterocycles. The molecule has 2 atom stereocenters. The summed E-state index contributed by atoms with van der Waals surface area (Å²) in [4.78, 5) is 0. The topological polar surface area (TPSA) is 35.2 Å². The van der Waals surface area contributed by atoms with Crippen molar-refractivity contribution in [1.29, 1.82) is 0 Å². The molecular formula is C15H12Cl2FNO. The highest BCUT2D eigenvalue weighted by molar-refractivity contribution is 6.31. The van der Waals surface area contributed by atoms with Crippen molar-refractivity contribution < 1.29 is 9.13 Å². The van der Waals surface area contributed by atoms with Crippen LogP contribution in [0, 0.1) is 5.82 Å². The molecule has 2 aromatic carbocycles. The zero-order chi connectivity index (χ0) is 14.3. The Balaban J connectivity index is 2.01. The van der Waals surface area contributed by atoms with Crippen LogP contribution in [0.5, 0.6) is 5.75 Å². The zero-order valence-corrected chi connectivity index (χ0v) is 12.0. The van der Waals surface area contributed by atoms with Gasteiger partial charge in [0.1, 0.15) is 17.7 Å². The molecule has 1 aliphatic rings. The van der Waals surface area contributed by atoms with Crippen molar-refractivity contribution in [1.82, 2.24) is 0 Å². The molecule has 5 heteroatoms. The molecular weight excluding hydrogens is 300 g/mol. The third-order valence-electron chi connectivity index (χ3n) is 3.43. The van der Waals surface area contributed by atoms with Crippen LogP contribution in [-0.4, -0.2) is 0 Å². The molecule has 0 saturated heterocycles. The molecule has 1 aliphatic heterocycles. The second-order valence-corrected chi connectivity index (χ2v) is 5.61. The summed E-state index contributed by atoms with van der Waals surface area (Å²) in [5, 5.41) is 0.949. The summed E-state index contributed by atoms with van der Waals surface area (Å²) < 4.78 is 19.8. The van der Waals surface area contributed by atoms with E-state index in [2.05, 4.69) is 0 Å². The van der Waals surface area contributed by atoms with Crippen LogP contribution in [0.2, 0.25) is 10.0 Å². The van der Waals surface area contributed by atoms with E-state index >= 15 is 0 Å². The largest absolute Gasteiger partial charge is 0.485 e. The molecule has 0 aliphatic carbocycles. The van der Waals surface area contributed by atoms with Gasteiger partial charge in [-0.2, -0.15) is 0 Å². The number of halogens is 3. The first-order valence-electron chi connectivity index (χ1n) is 6.22.